The third kappa shape index (κ3) is 5.26. The van der Waals surface area contributed by atoms with Crippen LogP contribution in [0.2, 0.25) is 0 Å². The quantitative estimate of drug-likeness (QED) is 0.156. The van der Waals surface area contributed by atoms with Gasteiger partial charge in [-0.2, -0.15) is 0 Å². The molecular formula is C54H36N2. The van der Waals surface area contributed by atoms with Gasteiger partial charge in [0.05, 0.1) is 11.0 Å². The summed E-state index contributed by atoms with van der Waals surface area (Å²) in [7, 11) is 0. The Kier molecular flexibility index (Phi) is 7.53. The van der Waals surface area contributed by atoms with Gasteiger partial charge >= 0.3 is 0 Å². The molecule has 0 radical (unpaired) electrons. The first kappa shape index (κ1) is 32.0. The monoisotopic (exact) mass is 712 g/mol. The van der Waals surface area contributed by atoms with Crippen molar-refractivity contribution in [3.05, 3.63) is 218 Å². The van der Waals surface area contributed by atoms with Crippen LogP contribution in [0.25, 0.3) is 82.1 Å². The van der Waals surface area contributed by atoms with E-state index in [-0.39, 0.29) is 0 Å². The highest BCUT2D eigenvalue weighted by atomic mass is 15.1. The Morgan fingerprint density at radius 3 is 1.57 bits per heavy atom. The molecule has 0 spiro atoms. The zero-order valence-electron chi connectivity index (χ0n) is 30.7. The molecule has 0 N–H and O–H groups in total. The first-order valence-electron chi connectivity index (χ1n) is 19.3. The molecule has 11 rings (SSSR count). The SMILES string of the molecule is c1ccc(-n2c3ccccc3c3ccc(N(c4ccc(-c5cccc6ccccc56)cc4)c4ccc(-c5cc6ccccc6c6ccccc56)cc4)cc32)cc1. The molecule has 0 aliphatic rings. The van der Waals surface area contributed by atoms with Crippen LogP contribution < -0.4 is 4.90 Å². The van der Waals surface area contributed by atoms with Crippen molar-refractivity contribution in [1.82, 2.24) is 4.57 Å². The summed E-state index contributed by atoms with van der Waals surface area (Å²) in [6, 6.07) is 79.5. The van der Waals surface area contributed by atoms with Crippen molar-refractivity contribution >= 4 is 71.2 Å². The van der Waals surface area contributed by atoms with Crippen molar-refractivity contribution in [1.29, 1.82) is 0 Å². The molecule has 0 unspecified atom stereocenters. The number of hydrogen-bond donors (Lipinski definition) is 0. The Morgan fingerprint density at radius 1 is 0.286 bits per heavy atom. The number of nitrogens with zero attached hydrogens (tertiary/aromatic N) is 2. The molecule has 56 heavy (non-hydrogen) atoms. The molecule has 0 saturated carbocycles. The third-order valence-electron chi connectivity index (χ3n) is 11.4. The number of fused-ring (bicyclic) bond motifs is 7. The Morgan fingerprint density at radius 2 is 0.821 bits per heavy atom. The molecule has 1 heterocycles. The predicted molar refractivity (Wildman–Crippen MR) is 239 cm³/mol. The fourth-order valence-corrected chi connectivity index (χ4v) is 8.75. The normalized spacial score (nSPS) is 11.6. The summed E-state index contributed by atoms with van der Waals surface area (Å²) in [6.45, 7) is 0. The molecule has 0 aliphatic carbocycles. The van der Waals surface area contributed by atoms with Gasteiger partial charge in [-0.1, -0.05) is 158 Å². The lowest BCUT2D eigenvalue weighted by molar-refractivity contribution is 1.18. The van der Waals surface area contributed by atoms with Gasteiger partial charge < -0.3 is 9.47 Å². The minimum absolute atomic E-state index is 1.10. The van der Waals surface area contributed by atoms with Crippen molar-refractivity contribution in [3.8, 4) is 27.9 Å². The molecule has 1 aromatic heterocycles. The standard InChI is InChI=1S/C54H36N2/c1-2-16-41(17-3-1)56-53-24-11-10-22-50(53)51-34-33-44(36-54(51)56)55(42-29-25-38(26-30-42)46-23-12-15-37-13-4-6-18-45(37)46)43-31-27-39(28-32-43)52-35-40-14-5-7-19-47(40)48-20-8-9-21-49(48)52/h1-36H. The summed E-state index contributed by atoms with van der Waals surface area (Å²) in [6.07, 6.45) is 0. The lowest BCUT2D eigenvalue weighted by Gasteiger charge is -2.26. The molecular weight excluding hydrogens is 677 g/mol. The maximum atomic E-state index is 2.39. The lowest BCUT2D eigenvalue weighted by Crippen LogP contribution is -2.10. The second-order valence-electron chi connectivity index (χ2n) is 14.5. The second kappa shape index (κ2) is 13.2. The molecule has 0 fully saturated rings. The van der Waals surface area contributed by atoms with Gasteiger partial charge in [-0.25, -0.2) is 0 Å². The van der Waals surface area contributed by atoms with E-state index in [2.05, 4.69) is 228 Å². The first-order chi connectivity index (χ1) is 27.8. The maximum Gasteiger partial charge on any atom is 0.0561 e. The van der Waals surface area contributed by atoms with Gasteiger partial charge in [0.15, 0.2) is 0 Å². The lowest BCUT2D eigenvalue weighted by atomic mass is 9.93. The predicted octanol–water partition coefficient (Wildman–Crippen LogP) is 15.0. The number of rotatable bonds is 6. The average molecular weight is 713 g/mol. The van der Waals surface area contributed by atoms with E-state index in [4.69, 9.17) is 0 Å². The highest BCUT2D eigenvalue weighted by Crippen LogP contribution is 2.42. The fourth-order valence-electron chi connectivity index (χ4n) is 8.75. The van der Waals surface area contributed by atoms with Crippen LogP contribution in [0.1, 0.15) is 0 Å². The van der Waals surface area contributed by atoms with Crippen molar-refractivity contribution in [2.24, 2.45) is 0 Å². The smallest absolute Gasteiger partial charge is 0.0561 e. The zero-order valence-corrected chi connectivity index (χ0v) is 30.7. The van der Waals surface area contributed by atoms with Crippen LogP contribution in [0.15, 0.2) is 218 Å². The molecule has 11 aromatic rings. The topological polar surface area (TPSA) is 8.17 Å². The molecule has 10 aromatic carbocycles. The van der Waals surface area contributed by atoms with E-state index in [1.54, 1.807) is 0 Å². The molecule has 0 amide bonds. The Hall–Kier alpha value is -7.42. The Bertz CT molecular complexity index is 3220. The highest BCUT2D eigenvalue weighted by Gasteiger charge is 2.18. The van der Waals surface area contributed by atoms with Gasteiger partial charge in [0.25, 0.3) is 0 Å². The summed E-state index contributed by atoms with van der Waals surface area (Å²) >= 11 is 0. The van der Waals surface area contributed by atoms with Crippen LogP contribution in [-0.4, -0.2) is 4.57 Å². The maximum absolute atomic E-state index is 2.39. The van der Waals surface area contributed by atoms with Crippen molar-refractivity contribution in [2.75, 3.05) is 4.90 Å². The van der Waals surface area contributed by atoms with E-state index in [0.717, 1.165) is 22.7 Å². The van der Waals surface area contributed by atoms with E-state index in [1.165, 1.54) is 76.4 Å². The second-order valence-corrected chi connectivity index (χ2v) is 14.5. The van der Waals surface area contributed by atoms with Crippen molar-refractivity contribution < 1.29 is 0 Å². The average Bonchev–Trinajstić information content (AvgIpc) is 3.60. The number of hydrogen-bond acceptors (Lipinski definition) is 1. The van der Waals surface area contributed by atoms with Crippen LogP contribution in [0.3, 0.4) is 0 Å². The zero-order chi connectivity index (χ0) is 37.0. The molecule has 0 atom stereocenters. The highest BCUT2D eigenvalue weighted by molar-refractivity contribution is 6.14. The van der Waals surface area contributed by atoms with Crippen LogP contribution in [0.4, 0.5) is 17.1 Å². The summed E-state index contributed by atoms with van der Waals surface area (Å²) in [5.74, 6) is 0. The van der Waals surface area contributed by atoms with Gasteiger partial charge in [-0.15, -0.1) is 0 Å². The minimum atomic E-state index is 1.10. The largest absolute Gasteiger partial charge is 0.310 e. The molecule has 2 heteroatoms. The molecule has 2 nitrogen and oxygen atoms in total. The van der Waals surface area contributed by atoms with E-state index in [1.807, 2.05) is 0 Å². The van der Waals surface area contributed by atoms with Crippen LogP contribution in [0.5, 0.6) is 0 Å². The third-order valence-corrected chi connectivity index (χ3v) is 11.4. The molecule has 262 valence electrons. The van der Waals surface area contributed by atoms with E-state index >= 15 is 0 Å². The summed E-state index contributed by atoms with van der Waals surface area (Å²) in [4.78, 5) is 2.39. The summed E-state index contributed by atoms with van der Waals surface area (Å²) in [5, 5.41) is 10.1. The van der Waals surface area contributed by atoms with Gasteiger partial charge in [-0.05, 0) is 115 Å². The Labute approximate surface area is 325 Å². The molecule has 0 bridgehead atoms. The molecule has 0 aliphatic heterocycles. The van der Waals surface area contributed by atoms with Gasteiger partial charge in [0.2, 0.25) is 0 Å². The number of benzene rings is 10. The van der Waals surface area contributed by atoms with Gasteiger partial charge in [-0.3, -0.25) is 0 Å². The Balaban J connectivity index is 1.08. The number of aromatic nitrogens is 1. The van der Waals surface area contributed by atoms with Crippen LogP contribution in [0, 0.1) is 0 Å². The van der Waals surface area contributed by atoms with E-state index in [9.17, 15) is 0 Å². The van der Waals surface area contributed by atoms with E-state index in [0.29, 0.717) is 0 Å². The van der Waals surface area contributed by atoms with Crippen LogP contribution >= 0.6 is 0 Å². The summed E-state index contributed by atoms with van der Waals surface area (Å²) < 4.78 is 2.39. The van der Waals surface area contributed by atoms with Gasteiger partial charge in [0.1, 0.15) is 0 Å². The van der Waals surface area contributed by atoms with Crippen molar-refractivity contribution in [2.45, 2.75) is 0 Å². The number of para-hydroxylation sites is 2. The van der Waals surface area contributed by atoms with Crippen LogP contribution in [-0.2, 0) is 0 Å². The first-order valence-corrected chi connectivity index (χ1v) is 19.3. The minimum Gasteiger partial charge on any atom is -0.310 e. The molecule has 0 saturated heterocycles. The van der Waals surface area contributed by atoms with E-state index < -0.39 is 0 Å². The summed E-state index contributed by atoms with van der Waals surface area (Å²) in [5.41, 5.74) is 11.7. The van der Waals surface area contributed by atoms with Gasteiger partial charge in [0, 0.05) is 33.5 Å². The van der Waals surface area contributed by atoms with Crippen molar-refractivity contribution in [3.63, 3.8) is 0 Å². The number of anilines is 3. The fraction of sp³-hybridized carbons (Fsp3) is 0.